The first kappa shape index (κ1) is 16.0. The zero-order valence-electron chi connectivity index (χ0n) is 14.1. The zero-order chi connectivity index (χ0) is 17.6. The summed E-state index contributed by atoms with van der Waals surface area (Å²) in [5.74, 6) is 0.798. The van der Waals surface area contributed by atoms with Crippen LogP contribution in [-0.2, 0) is 13.0 Å². The molecule has 2 aromatic carbocycles. The number of halogens is 1. The second kappa shape index (κ2) is 6.12. The van der Waals surface area contributed by atoms with Gasteiger partial charge >= 0.3 is 5.63 Å². The Bertz CT molecular complexity index is 1030. The van der Waals surface area contributed by atoms with Crippen LogP contribution in [-0.4, -0.2) is 6.73 Å². The Morgan fingerprint density at radius 2 is 2.04 bits per heavy atom. The van der Waals surface area contributed by atoms with E-state index in [9.17, 15) is 4.79 Å². The molecule has 5 heteroatoms. The average Bonchev–Trinajstić information content (AvgIpc) is 2.62. The van der Waals surface area contributed by atoms with Crippen molar-refractivity contribution in [3.05, 3.63) is 68.5 Å². The summed E-state index contributed by atoms with van der Waals surface area (Å²) in [5.41, 5.74) is 4.18. The molecule has 0 saturated heterocycles. The first-order chi connectivity index (χ1) is 12.1. The van der Waals surface area contributed by atoms with Gasteiger partial charge < -0.3 is 14.1 Å². The van der Waals surface area contributed by atoms with Crippen LogP contribution in [0.2, 0.25) is 5.02 Å². The van der Waals surface area contributed by atoms with E-state index in [0.29, 0.717) is 23.9 Å². The fraction of sp³-hybridized carbons (Fsp3) is 0.250. The van der Waals surface area contributed by atoms with Crippen molar-refractivity contribution in [1.82, 2.24) is 0 Å². The van der Waals surface area contributed by atoms with E-state index in [2.05, 4.69) is 11.0 Å². The van der Waals surface area contributed by atoms with Gasteiger partial charge in [-0.3, -0.25) is 0 Å². The fourth-order valence-corrected chi connectivity index (χ4v) is 3.69. The summed E-state index contributed by atoms with van der Waals surface area (Å²) >= 11 is 6.33. The van der Waals surface area contributed by atoms with Crippen LogP contribution < -0.4 is 15.3 Å². The maximum Gasteiger partial charge on any atom is 0.336 e. The number of ether oxygens (including phenoxy) is 1. The summed E-state index contributed by atoms with van der Waals surface area (Å²) in [5, 5.41) is 1.68. The van der Waals surface area contributed by atoms with Gasteiger partial charge in [0.15, 0.2) is 6.73 Å². The summed E-state index contributed by atoms with van der Waals surface area (Å²) < 4.78 is 11.5. The molecule has 1 aromatic heterocycles. The molecule has 0 amide bonds. The topological polar surface area (TPSA) is 42.7 Å². The zero-order valence-corrected chi connectivity index (χ0v) is 14.9. The highest BCUT2D eigenvalue weighted by atomic mass is 35.5. The molecule has 4 rings (SSSR count). The maximum atomic E-state index is 11.8. The lowest BCUT2D eigenvalue weighted by atomic mass is 9.99. The second-order valence-corrected chi connectivity index (χ2v) is 6.64. The molecule has 0 aliphatic carbocycles. The van der Waals surface area contributed by atoms with E-state index in [1.807, 2.05) is 38.1 Å². The smallest absolute Gasteiger partial charge is 0.336 e. The standard InChI is InChI=1S/C20H18ClNO3/c1-3-13-9-18(23)25-20-12(2)19-14(8-15(13)20)10-22(11-24-19)17-7-5-4-6-16(17)21/h4-9H,3,10-11H2,1-2H3. The van der Waals surface area contributed by atoms with Crippen molar-refractivity contribution in [2.75, 3.05) is 11.6 Å². The minimum atomic E-state index is -0.319. The molecule has 0 unspecified atom stereocenters. The summed E-state index contributed by atoms with van der Waals surface area (Å²) in [7, 11) is 0. The van der Waals surface area contributed by atoms with Gasteiger partial charge in [-0.15, -0.1) is 0 Å². The van der Waals surface area contributed by atoms with Crippen molar-refractivity contribution in [2.45, 2.75) is 26.8 Å². The molecule has 0 N–H and O–H groups in total. The van der Waals surface area contributed by atoms with E-state index in [4.69, 9.17) is 20.8 Å². The number of aryl methyl sites for hydroxylation is 2. The summed E-state index contributed by atoms with van der Waals surface area (Å²) in [4.78, 5) is 13.9. The molecule has 25 heavy (non-hydrogen) atoms. The minimum absolute atomic E-state index is 0.319. The van der Waals surface area contributed by atoms with E-state index >= 15 is 0 Å². The number of nitrogens with zero attached hydrogens (tertiary/aromatic N) is 1. The number of hydrogen-bond donors (Lipinski definition) is 0. The molecule has 0 fully saturated rings. The average molecular weight is 356 g/mol. The normalized spacial score (nSPS) is 13.6. The van der Waals surface area contributed by atoms with Gasteiger partial charge in [0.1, 0.15) is 11.3 Å². The molecule has 2 heterocycles. The third-order valence-corrected chi connectivity index (χ3v) is 5.00. The van der Waals surface area contributed by atoms with Gasteiger partial charge in [0.2, 0.25) is 0 Å². The van der Waals surface area contributed by atoms with Crippen molar-refractivity contribution in [3.63, 3.8) is 0 Å². The first-order valence-corrected chi connectivity index (χ1v) is 8.67. The molecule has 128 valence electrons. The van der Waals surface area contributed by atoms with Gasteiger partial charge in [0, 0.05) is 29.1 Å². The van der Waals surface area contributed by atoms with Crippen LogP contribution >= 0.6 is 11.6 Å². The van der Waals surface area contributed by atoms with Crippen LogP contribution in [0.5, 0.6) is 5.75 Å². The lowest BCUT2D eigenvalue weighted by Crippen LogP contribution is -2.32. The lowest BCUT2D eigenvalue weighted by Gasteiger charge is -2.32. The number of fused-ring (bicyclic) bond motifs is 2. The van der Waals surface area contributed by atoms with Gasteiger partial charge in [-0.05, 0) is 37.1 Å². The predicted molar refractivity (Wildman–Crippen MR) is 99.7 cm³/mol. The van der Waals surface area contributed by atoms with E-state index in [0.717, 1.165) is 39.9 Å². The van der Waals surface area contributed by atoms with Crippen LogP contribution in [0.15, 0.2) is 45.6 Å². The highest BCUT2D eigenvalue weighted by Gasteiger charge is 2.24. The molecular weight excluding hydrogens is 338 g/mol. The fourth-order valence-electron chi connectivity index (χ4n) is 3.44. The first-order valence-electron chi connectivity index (χ1n) is 8.30. The molecule has 1 aliphatic rings. The van der Waals surface area contributed by atoms with Crippen LogP contribution in [0.1, 0.15) is 23.6 Å². The molecule has 4 nitrogen and oxygen atoms in total. The van der Waals surface area contributed by atoms with E-state index in [-0.39, 0.29) is 5.63 Å². The Labute approximate surface area is 150 Å². The Morgan fingerprint density at radius 3 is 2.80 bits per heavy atom. The van der Waals surface area contributed by atoms with Crippen LogP contribution in [0, 0.1) is 6.92 Å². The van der Waals surface area contributed by atoms with E-state index in [1.54, 1.807) is 6.07 Å². The van der Waals surface area contributed by atoms with Crippen molar-refractivity contribution < 1.29 is 9.15 Å². The van der Waals surface area contributed by atoms with Gasteiger partial charge in [-0.25, -0.2) is 4.79 Å². The molecule has 0 bridgehead atoms. The molecule has 0 atom stereocenters. The SMILES string of the molecule is CCc1cc(=O)oc2c(C)c3c(cc12)CN(c1ccccc1Cl)CO3. The predicted octanol–water partition coefficient (Wildman–Crippen LogP) is 4.67. The van der Waals surface area contributed by atoms with Crippen LogP contribution in [0.3, 0.4) is 0 Å². The highest BCUT2D eigenvalue weighted by molar-refractivity contribution is 6.33. The lowest BCUT2D eigenvalue weighted by molar-refractivity contribution is 0.287. The number of para-hydroxylation sites is 1. The summed E-state index contributed by atoms with van der Waals surface area (Å²) in [6.07, 6.45) is 0.773. The third-order valence-electron chi connectivity index (χ3n) is 4.68. The molecule has 1 aliphatic heterocycles. The van der Waals surface area contributed by atoms with Gasteiger partial charge in [-0.1, -0.05) is 30.7 Å². The highest BCUT2D eigenvalue weighted by Crippen LogP contribution is 2.38. The van der Waals surface area contributed by atoms with E-state index in [1.165, 1.54) is 0 Å². The number of rotatable bonds is 2. The molecule has 0 saturated carbocycles. The summed E-state index contributed by atoms with van der Waals surface area (Å²) in [6.45, 7) is 5.07. The minimum Gasteiger partial charge on any atom is -0.472 e. The number of benzene rings is 2. The Hall–Kier alpha value is -2.46. The molecule has 0 spiro atoms. The quantitative estimate of drug-likeness (QED) is 0.626. The van der Waals surface area contributed by atoms with Crippen LogP contribution in [0.25, 0.3) is 11.0 Å². The summed E-state index contributed by atoms with van der Waals surface area (Å²) in [6, 6.07) is 11.4. The maximum absolute atomic E-state index is 11.8. The van der Waals surface area contributed by atoms with Crippen molar-refractivity contribution in [2.24, 2.45) is 0 Å². The van der Waals surface area contributed by atoms with E-state index < -0.39 is 0 Å². The molecule has 3 aromatic rings. The van der Waals surface area contributed by atoms with Crippen molar-refractivity contribution in [3.8, 4) is 5.75 Å². The third kappa shape index (κ3) is 2.67. The van der Waals surface area contributed by atoms with Crippen molar-refractivity contribution in [1.29, 1.82) is 0 Å². The number of anilines is 1. The molecular formula is C20H18ClNO3. The van der Waals surface area contributed by atoms with Gasteiger partial charge in [0.05, 0.1) is 10.7 Å². The van der Waals surface area contributed by atoms with Crippen LogP contribution in [0.4, 0.5) is 5.69 Å². The monoisotopic (exact) mass is 355 g/mol. The second-order valence-electron chi connectivity index (χ2n) is 6.23. The Morgan fingerprint density at radius 1 is 1.24 bits per heavy atom. The molecule has 0 radical (unpaired) electrons. The van der Waals surface area contributed by atoms with Gasteiger partial charge in [0.25, 0.3) is 0 Å². The van der Waals surface area contributed by atoms with Gasteiger partial charge in [-0.2, -0.15) is 0 Å². The number of hydrogen-bond acceptors (Lipinski definition) is 4. The Kier molecular flexibility index (Phi) is 3.92. The largest absolute Gasteiger partial charge is 0.472 e. The van der Waals surface area contributed by atoms with Crippen molar-refractivity contribution >= 4 is 28.3 Å². The Balaban J connectivity index is 1.85.